The van der Waals surface area contributed by atoms with Gasteiger partial charge in [-0.1, -0.05) is 0 Å². The minimum absolute atomic E-state index is 0.391. The largest absolute Gasteiger partial charge is 0.491 e. The van der Waals surface area contributed by atoms with Crippen molar-refractivity contribution in [2.75, 3.05) is 43.6 Å². The normalized spacial score (nSPS) is 11.2. The van der Waals surface area contributed by atoms with E-state index >= 15 is 0 Å². The molecule has 9 nitrogen and oxygen atoms in total. The first-order valence-corrected chi connectivity index (χ1v) is 9.38. The van der Waals surface area contributed by atoms with Gasteiger partial charge in [-0.2, -0.15) is 0 Å². The highest BCUT2D eigenvalue weighted by atomic mass is 16.6. The standard InChI is InChI=1S/C20H30N6O3/c1-20(2,3)29-19(27)25-16-11-15(24-18-22-12-14(21)13-23-18)7-8-17(16)28-10-6-9-26(4)5/h7-8,11-13H,6,9-10,21H2,1-5H3,(H,25,27)(H,22,23,24). The number of amides is 1. The van der Waals surface area contributed by atoms with Crippen LogP contribution in [0.4, 0.5) is 27.8 Å². The molecule has 2 rings (SSSR count). The van der Waals surface area contributed by atoms with Crippen LogP contribution in [-0.2, 0) is 4.74 Å². The van der Waals surface area contributed by atoms with Gasteiger partial charge in [0.05, 0.1) is 30.4 Å². The molecule has 0 saturated carbocycles. The average molecular weight is 402 g/mol. The second kappa shape index (κ2) is 9.92. The van der Waals surface area contributed by atoms with Crippen molar-refractivity contribution in [3.8, 4) is 5.75 Å². The molecule has 0 aliphatic rings. The lowest BCUT2D eigenvalue weighted by Gasteiger charge is -2.21. The zero-order valence-corrected chi connectivity index (χ0v) is 17.7. The average Bonchev–Trinajstić information content (AvgIpc) is 2.60. The van der Waals surface area contributed by atoms with Gasteiger partial charge in [-0.3, -0.25) is 5.32 Å². The van der Waals surface area contributed by atoms with E-state index in [4.69, 9.17) is 15.2 Å². The number of nitrogens with one attached hydrogen (secondary N) is 2. The molecule has 158 valence electrons. The van der Waals surface area contributed by atoms with E-state index in [1.807, 2.05) is 40.9 Å². The van der Waals surface area contributed by atoms with Crippen molar-refractivity contribution >= 4 is 29.1 Å². The highest BCUT2D eigenvalue weighted by Gasteiger charge is 2.18. The van der Waals surface area contributed by atoms with E-state index in [1.165, 1.54) is 12.4 Å². The van der Waals surface area contributed by atoms with Crippen LogP contribution < -0.4 is 21.1 Å². The highest BCUT2D eigenvalue weighted by Crippen LogP contribution is 2.30. The predicted molar refractivity (Wildman–Crippen MR) is 115 cm³/mol. The summed E-state index contributed by atoms with van der Waals surface area (Å²) in [5.41, 5.74) is 6.65. The maximum Gasteiger partial charge on any atom is 0.412 e. The minimum atomic E-state index is -0.607. The van der Waals surface area contributed by atoms with Crippen LogP contribution in [-0.4, -0.2) is 53.8 Å². The van der Waals surface area contributed by atoms with Crippen LogP contribution in [0.15, 0.2) is 30.6 Å². The van der Waals surface area contributed by atoms with Gasteiger partial charge in [0, 0.05) is 12.2 Å². The predicted octanol–water partition coefficient (Wildman–Crippen LogP) is 3.48. The molecule has 1 heterocycles. The minimum Gasteiger partial charge on any atom is -0.491 e. The van der Waals surface area contributed by atoms with Gasteiger partial charge >= 0.3 is 6.09 Å². The maximum atomic E-state index is 12.3. The summed E-state index contributed by atoms with van der Waals surface area (Å²) in [7, 11) is 4.02. The van der Waals surface area contributed by atoms with Gasteiger partial charge in [0.15, 0.2) is 0 Å². The molecule has 0 aliphatic carbocycles. The molecule has 0 unspecified atom stereocenters. The highest BCUT2D eigenvalue weighted by molar-refractivity contribution is 5.88. The van der Waals surface area contributed by atoms with E-state index in [1.54, 1.807) is 12.1 Å². The summed E-state index contributed by atoms with van der Waals surface area (Å²) >= 11 is 0. The van der Waals surface area contributed by atoms with Gasteiger partial charge in [-0.15, -0.1) is 0 Å². The van der Waals surface area contributed by atoms with Crippen LogP contribution >= 0.6 is 0 Å². The van der Waals surface area contributed by atoms with E-state index in [-0.39, 0.29) is 0 Å². The van der Waals surface area contributed by atoms with Gasteiger partial charge in [0.1, 0.15) is 11.4 Å². The van der Waals surface area contributed by atoms with Crippen LogP contribution in [0.2, 0.25) is 0 Å². The van der Waals surface area contributed by atoms with E-state index in [0.29, 0.717) is 35.4 Å². The van der Waals surface area contributed by atoms with Crippen molar-refractivity contribution in [2.24, 2.45) is 0 Å². The zero-order valence-electron chi connectivity index (χ0n) is 17.7. The topological polar surface area (TPSA) is 115 Å². The summed E-state index contributed by atoms with van der Waals surface area (Å²) < 4.78 is 11.2. The summed E-state index contributed by atoms with van der Waals surface area (Å²) in [6.07, 6.45) is 3.32. The van der Waals surface area contributed by atoms with Gasteiger partial charge in [0.2, 0.25) is 5.95 Å². The van der Waals surface area contributed by atoms with E-state index in [9.17, 15) is 4.79 Å². The molecule has 1 amide bonds. The van der Waals surface area contributed by atoms with Crippen LogP contribution in [0.5, 0.6) is 5.75 Å². The van der Waals surface area contributed by atoms with Gasteiger partial charge < -0.3 is 25.4 Å². The first kappa shape index (κ1) is 22.2. The molecule has 29 heavy (non-hydrogen) atoms. The Balaban J connectivity index is 2.15. The second-order valence-corrected chi connectivity index (χ2v) is 7.81. The number of carbonyl (C=O) groups excluding carboxylic acids is 1. The molecule has 1 aromatic carbocycles. The molecular weight excluding hydrogens is 372 g/mol. The number of nitrogens with zero attached hydrogens (tertiary/aromatic N) is 3. The summed E-state index contributed by atoms with van der Waals surface area (Å²) in [5.74, 6) is 0.945. The van der Waals surface area contributed by atoms with Crippen molar-refractivity contribution in [2.45, 2.75) is 32.8 Å². The summed E-state index contributed by atoms with van der Waals surface area (Å²) in [6.45, 7) is 6.85. The number of carbonyl (C=O) groups is 1. The lowest BCUT2D eigenvalue weighted by molar-refractivity contribution is 0.0635. The number of anilines is 4. The van der Waals surface area contributed by atoms with Crippen molar-refractivity contribution in [1.29, 1.82) is 0 Å². The fraction of sp³-hybridized carbons (Fsp3) is 0.450. The van der Waals surface area contributed by atoms with Crippen molar-refractivity contribution < 1.29 is 14.3 Å². The number of hydrogen-bond donors (Lipinski definition) is 3. The van der Waals surface area contributed by atoms with Gasteiger partial charge in [-0.05, 0) is 59.5 Å². The fourth-order valence-electron chi connectivity index (χ4n) is 2.34. The molecule has 4 N–H and O–H groups in total. The summed E-state index contributed by atoms with van der Waals surface area (Å²) in [5, 5.41) is 5.82. The Labute approximate surface area is 171 Å². The molecule has 0 bridgehead atoms. The number of nitrogen functional groups attached to an aromatic ring is 1. The molecule has 0 atom stereocenters. The molecule has 1 aromatic heterocycles. The molecule has 0 fully saturated rings. The van der Waals surface area contributed by atoms with E-state index < -0.39 is 11.7 Å². The first-order chi connectivity index (χ1) is 13.6. The third-order valence-corrected chi connectivity index (χ3v) is 3.55. The second-order valence-electron chi connectivity index (χ2n) is 7.81. The Morgan fingerprint density at radius 2 is 1.90 bits per heavy atom. The SMILES string of the molecule is CN(C)CCCOc1ccc(Nc2ncc(N)cn2)cc1NC(=O)OC(C)(C)C. The van der Waals surface area contributed by atoms with Crippen molar-refractivity contribution in [3.63, 3.8) is 0 Å². The monoisotopic (exact) mass is 402 g/mol. The lowest BCUT2D eigenvalue weighted by Crippen LogP contribution is -2.27. The third-order valence-electron chi connectivity index (χ3n) is 3.55. The molecule has 0 saturated heterocycles. The lowest BCUT2D eigenvalue weighted by atomic mass is 10.2. The molecule has 9 heteroatoms. The Morgan fingerprint density at radius 1 is 1.21 bits per heavy atom. The molecule has 0 radical (unpaired) electrons. The number of nitrogens with two attached hydrogens (primary N) is 1. The van der Waals surface area contributed by atoms with Crippen LogP contribution in [0, 0.1) is 0 Å². The summed E-state index contributed by atoms with van der Waals surface area (Å²) in [6, 6.07) is 5.34. The first-order valence-electron chi connectivity index (χ1n) is 9.38. The third kappa shape index (κ3) is 8.22. The quantitative estimate of drug-likeness (QED) is 0.575. The van der Waals surface area contributed by atoms with E-state index in [0.717, 1.165) is 13.0 Å². The Bertz CT molecular complexity index is 803. The number of aromatic nitrogens is 2. The van der Waals surface area contributed by atoms with Crippen LogP contribution in [0.3, 0.4) is 0 Å². The van der Waals surface area contributed by atoms with Crippen molar-refractivity contribution in [1.82, 2.24) is 14.9 Å². The number of hydrogen-bond acceptors (Lipinski definition) is 8. The van der Waals surface area contributed by atoms with Gasteiger partial charge in [0.25, 0.3) is 0 Å². The molecule has 2 aromatic rings. The number of benzene rings is 1. The van der Waals surface area contributed by atoms with Crippen LogP contribution in [0.25, 0.3) is 0 Å². The number of ether oxygens (including phenoxy) is 2. The smallest absolute Gasteiger partial charge is 0.412 e. The molecule has 0 aliphatic heterocycles. The number of rotatable bonds is 8. The Hall–Kier alpha value is -3.07. The molecular formula is C20H30N6O3. The zero-order chi connectivity index (χ0) is 21.4. The molecule has 0 spiro atoms. The summed E-state index contributed by atoms with van der Waals surface area (Å²) in [4.78, 5) is 22.6. The Morgan fingerprint density at radius 3 is 2.52 bits per heavy atom. The van der Waals surface area contributed by atoms with E-state index in [2.05, 4.69) is 25.5 Å². The fourth-order valence-corrected chi connectivity index (χ4v) is 2.34. The maximum absolute atomic E-state index is 12.3. The van der Waals surface area contributed by atoms with Crippen molar-refractivity contribution in [3.05, 3.63) is 30.6 Å². The van der Waals surface area contributed by atoms with Gasteiger partial charge in [-0.25, -0.2) is 14.8 Å². The van der Waals surface area contributed by atoms with Crippen LogP contribution in [0.1, 0.15) is 27.2 Å². The Kier molecular flexibility index (Phi) is 7.60.